The Morgan fingerprint density at radius 1 is 1.07 bits per heavy atom. The van der Waals surface area contributed by atoms with Gasteiger partial charge < -0.3 is 14.6 Å². The first kappa shape index (κ1) is 18.0. The number of nitrogens with one attached hydrogen (secondary N) is 1. The van der Waals surface area contributed by atoms with E-state index in [0.29, 0.717) is 24.0 Å². The van der Waals surface area contributed by atoms with Crippen molar-refractivity contribution in [3.05, 3.63) is 81.6 Å². The second kappa shape index (κ2) is 7.31. The molecule has 2 heterocycles. The van der Waals surface area contributed by atoms with Crippen molar-refractivity contribution < 1.29 is 14.3 Å². The smallest absolute Gasteiger partial charge is 0.339 e. The largest absolute Gasteiger partial charge is 0.449 e. The summed E-state index contributed by atoms with van der Waals surface area (Å²) in [5.41, 5.74) is 2.67. The summed E-state index contributed by atoms with van der Waals surface area (Å²) in [5.74, 6) is -0.919. The Morgan fingerprint density at radius 3 is 2.61 bits per heavy atom. The van der Waals surface area contributed by atoms with Gasteiger partial charge in [0.25, 0.3) is 5.91 Å². The number of H-pyrrole nitrogens is 1. The lowest BCUT2D eigenvalue weighted by Crippen LogP contribution is -2.42. The minimum atomic E-state index is -0.934. The van der Waals surface area contributed by atoms with Crippen molar-refractivity contribution in [1.29, 1.82) is 0 Å². The predicted octanol–water partition coefficient (Wildman–Crippen LogP) is 2.66. The maximum Gasteiger partial charge on any atom is 0.339 e. The third-order valence-electron chi connectivity index (χ3n) is 5.04. The average Bonchev–Trinajstić information content (AvgIpc) is 2.72. The normalized spacial score (nSPS) is 14.4. The zero-order valence-corrected chi connectivity index (χ0v) is 15.5. The standard InChI is InChI=1S/C22H20N2O4/c1-14(21(26)24-11-10-15-6-2-3-7-16(15)13-24)28-22(27)18-12-20(25)23-19-9-5-4-8-17(18)19/h2-9,12,14H,10-11,13H2,1H3,(H,23,25)/t14-/m1/s1. The van der Waals surface area contributed by atoms with E-state index in [-0.39, 0.29) is 11.5 Å². The fraction of sp³-hybridized carbons (Fsp3) is 0.227. The van der Waals surface area contributed by atoms with Crippen LogP contribution in [0.5, 0.6) is 0 Å². The maximum absolute atomic E-state index is 12.8. The highest BCUT2D eigenvalue weighted by molar-refractivity contribution is 6.03. The van der Waals surface area contributed by atoms with Gasteiger partial charge in [0.1, 0.15) is 0 Å². The number of esters is 1. The van der Waals surface area contributed by atoms with Crippen LogP contribution in [0.2, 0.25) is 0 Å². The van der Waals surface area contributed by atoms with Gasteiger partial charge in [0.05, 0.1) is 5.56 Å². The van der Waals surface area contributed by atoms with Crippen molar-refractivity contribution in [3.63, 3.8) is 0 Å². The van der Waals surface area contributed by atoms with Gasteiger partial charge in [-0.3, -0.25) is 9.59 Å². The number of rotatable bonds is 3. The molecule has 0 saturated carbocycles. The Bertz CT molecular complexity index is 1120. The number of nitrogens with zero attached hydrogens (tertiary/aromatic N) is 1. The summed E-state index contributed by atoms with van der Waals surface area (Å²) in [6, 6.07) is 16.2. The molecule has 0 unspecified atom stereocenters. The monoisotopic (exact) mass is 376 g/mol. The molecule has 28 heavy (non-hydrogen) atoms. The quantitative estimate of drug-likeness (QED) is 0.713. The summed E-state index contributed by atoms with van der Waals surface area (Å²) in [4.78, 5) is 41.7. The predicted molar refractivity (Wildman–Crippen MR) is 105 cm³/mol. The van der Waals surface area contributed by atoms with E-state index in [1.54, 1.807) is 36.1 Å². The third-order valence-corrected chi connectivity index (χ3v) is 5.04. The first-order chi connectivity index (χ1) is 13.5. The van der Waals surface area contributed by atoms with Crippen LogP contribution in [0.1, 0.15) is 28.4 Å². The Hall–Kier alpha value is -3.41. The van der Waals surface area contributed by atoms with E-state index < -0.39 is 17.6 Å². The molecule has 4 rings (SSSR count). The number of aromatic nitrogens is 1. The van der Waals surface area contributed by atoms with Crippen LogP contribution in [0, 0.1) is 0 Å². The Kier molecular flexibility index (Phi) is 4.69. The number of para-hydroxylation sites is 1. The minimum Gasteiger partial charge on any atom is -0.449 e. The molecule has 1 aliphatic rings. The summed E-state index contributed by atoms with van der Waals surface area (Å²) in [7, 11) is 0. The highest BCUT2D eigenvalue weighted by Gasteiger charge is 2.27. The van der Waals surface area contributed by atoms with Crippen LogP contribution in [0.4, 0.5) is 0 Å². The number of fused-ring (bicyclic) bond motifs is 2. The van der Waals surface area contributed by atoms with Crippen molar-refractivity contribution in [1.82, 2.24) is 9.88 Å². The number of hydrogen-bond acceptors (Lipinski definition) is 4. The lowest BCUT2D eigenvalue weighted by Gasteiger charge is -2.30. The van der Waals surface area contributed by atoms with Gasteiger partial charge >= 0.3 is 5.97 Å². The van der Waals surface area contributed by atoms with E-state index >= 15 is 0 Å². The summed E-state index contributed by atoms with van der Waals surface area (Å²) >= 11 is 0. The molecular weight excluding hydrogens is 356 g/mol. The summed E-state index contributed by atoms with van der Waals surface area (Å²) in [6.07, 6.45) is -0.155. The van der Waals surface area contributed by atoms with E-state index in [0.717, 1.165) is 12.0 Å². The molecule has 1 atom stereocenters. The van der Waals surface area contributed by atoms with Gasteiger partial charge in [0.15, 0.2) is 6.10 Å². The molecule has 2 aromatic carbocycles. The van der Waals surface area contributed by atoms with Gasteiger partial charge in [-0.25, -0.2) is 4.79 Å². The van der Waals surface area contributed by atoms with Crippen molar-refractivity contribution in [3.8, 4) is 0 Å². The van der Waals surface area contributed by atoms with E-state index in [2.05, 4.69) is 11.1 Å². The topological polar surface area (TPSA) is 79.5 Å². The molecular formula is C22H20N2O4. The fourth-order valence-electron chi connectivity index (χ4n) is 3.59. The SMILES string of the molecule is C[C@@H](OC(=O)c1cc(=O)[nH]c2ccccc12)C(=O)N1CCc2ccccc2C1. The lowest BCUT2D eigenvalue weighted by atomic mass is 9.99. The zero-order valence-electron chi connectivity index (χ0n) is 15.5. The Labute approximate surface area is 161 Å². The van der Waals surface area contributed by atoms with Crippen LogP contribution in [-0.4, -0.2) is 34.4 Å². The summed E-state index contributed by atoms with van der Waals surface area (Å²) < 4.78 is 5.42. The average molecular weight is 376 g/mol. The van der Waals surface area contributed by atoms with Gasteiger partial charge in [0.2, 0.25) is 5.56 Å². The van der Waals surface area contributed by atoms with Gasteiger partial charge in [-0.05, 0) is 30.5 Å². The number of carbonyl (C=O) groups excluding carboxylic acids is 2. The molecule has 6 nitrogen and oxygen atoms in total. The Balaban J connectivity index is 1.51. The van der Waals surface area contributed by atoms with Crippen LogP contribution in [-0.2, 0) is 22.5 Å². The van der Waals surface area contributed by atoms with E-state index in [1.165, 1.54) is 11.6 Å². The molecule has 0 bridgehead atoms. The van der Waals surface area contributed by atoms with Crippen LogP contribution < -0.4 is 5.56 Å². The maximum atomic E-state index is 12.8. The van der Waals surface area contributed by atoms with Crippen LogP contribution in [0.15, 0.2) is 59.4 Å². The second-order valence-corrected chi connectivity index (χ2v) is 6.92. The molecule has 1 amide bonds. The number of pyridine rings is 1. The summed E-state index contributed by atoms with van der Waals surface area (Å²) in [6.45, 7) is 2.66. The molecule has 1 aromatic heterocycles. The van der Waals surface area contributed by atoms with Gasteiger partial charge in [-0.2, -0.15) is 0 Å². The molecule has 0 aliphatic carbocycles. The van der Waals surface area contributed by atoms with Gasteiger partial charge in [0, 0.05) is 30.1 Å². The molecule has 3 aromatic rings. The second-order valence-electron chi connectivity index (χ2n) is 6.92. The van der Waals surface area contributed by atoms with Crippen molar-refractivity contribution in [2.75, 3.05) is 6.54 Å². The van der Waals surface area contributed by atoms with E-state index in [4.69, 9.17) is 4.74 Å². The zero-order chi connectivity index (χ0) is 19.7. The van der Waals surface area contributed by atoms with E-state index in [1.807, 2.05) is 18.2 Å². The highest BCUT2D eigenvalue weighted by atomic mass is 16.5. The van der Waals surface area contributed by atoms with Gasteiger partial charge in [-0.15, -0.1) is 0 Å². The van der Waals surface area contributed by atoms with Crippen LogP contribution in [0.25, 0.3) is 10.9 Å². The number of benzene rings is 2. The molecule has 0 radical (unpaired) electrons. The third kappa shape index (κ3) is 3.41. The van der Waals surface area contributed by atoms with Crippen LogP contribution >= 0.6 is 0 Å². The fourth-order valence-corrected chi connectivity index (χ4v) is 3.59. The molecule has 1 N–H and O–H groups in total. The van der Waals surface area contributed by atoms with Gasteiger partial charge in [-0.1, -0.05) is 42.5 Å². The molecule has 142 valence electrons. The Morgan fingerprint density at radius 2 is 1.79 bits per heavy atom. The number of amides is 1. The lowest BCUT2D eigenvalue weighted by molar-refractivity contribution is -0.140. The molecule has 0 spiro atoms. The number of ether oxygens (including phenoxy) is 1. The minimum absolute atomic E-state index is 0.156. The van der Waals surface area contributed by atoms with Crippen molar-refractivity contribution in [2.45, 2.75) is 26.0 Å². The number of hydrogen-bond donors (Lipinski definition) is 1. The number of aromatic amines is 1. The number of carbonyl (C=O) groups is 2. The molecule has 1 aliphatic heterocycles. The molecule has 0 fully saturated rings. The first-order valence-electron chi connectivity index (χ1n) is 9.21. The van der Waals surface area contributed by atoms with E-state index in [9.17, 15) is 14.4 Å². The molecule has 0 saturated heterocycles. The van der Waals surface area contributed by atoms with Crippen molar-refractivity contribution in [2.24, 2.45) is 0 Å². The van der Waals surface area contributed by atoms with Crippen molar-refractivity contribution >= 4 is 22.8 Å². The summed E-state index contributed by atoms with van der Waals surface area (Å²) in [5, 5.41) is 0.582. The van der Waals surface area contributed by atoms with Crippen LogP contribution in [0.3, 0.4) is 0 Å². The first-order valence-corrected chi connectivity index (χ1v) is 9.21. The molecule has 6 heteroatoms. The highest BCUT2D eigenvalue weighted by Crippen LogP contribution is 2.20.